The molecule has 0 aromatic heterocycles. The van der Waals surface area contributed by atoms with E-state index in [1.54, 1.807) is 18.1 Å². The molecule has 1 unspecified atom stereocenters. The normalized spacial score (nSPS) is 20.8. The maximum atomic E-state index is 12.7. The zero-order valence-corrected chi connectivity index (χ0v) is 10.9. The Kier molecular flexibility index (Phi) is 4.01. The number of benzene rings is 1. The van der Waals surface area contributed by atoms with Crippen molar-refractivity contribution < 1.29 is 23.1 Å². The predicted molar refractivity (Wildman–Crippen MR) is 65.4 cm³/mol. The van der Waals surface area contributed by atoms with E-state index >= 15 is 0 Å². The average molecular weight is 288 g/mol. The average Bonchev–Trinajstić information content (AvgIpc) is 2.67. The Labute approximate surface area is 114 Å². The van der Waals surface area contributed by atoms with Crippen molar-refractivity contribution in [2.75, 3.05) is 20.2 Å². The first-order valence-electron chi connectivity index (χ1n) is 6.15. The van der Waals surface area contributed by atoms with Crippen molar-refractivity contribution >= 4 is 5.91 Å². The molecule has 1 saturated heterocycles. The highest BCUT2D eigenvalue weighted by Crippen LogP contribution is 2.35. The lowest BCUT2D eigenvalue weighted by Crippen LogP contribution is -2.38. The third kappa shape index (κ3) is 2.78. The Bertz CT molecular complexity index is 505. The summed E-state index contributed by atoms with van der Waals surface area (Å²) in [7, 11) is 1.55. The van der Waals surface area contributed by atoms with Crippen LogP contribution in [0.4, 0.5) is 13.2 Å². The highest BCUT2D eigenvalue weighted by molar-refractivity contribution is 5.78. The Morgan fingerprint density at radius 3 is 2.70 bits per heavy atom. The first kappa shape index (κ1) is 14.8. The topological polar surface area (TPSA) is 43.8 Å². The number of rotatable bonds is 3. The van der Waals surface area contributed by atoms with Crippen LogP contribution in [0.2, 0.25) is 0 Å². The molecule has 4 nitrogen and oxygen atoms in total. The summed E-state index contributed by atoms with van der Waals surface area (Å²) in [5.41, 5.74) is -0.313. The van der Waals surface area contributed by atoms with Gasteiger partial charge in [0.1, 0.15) is 0 Å². The molecule has 0 saturated carbocycles. The molecule has 1 heterocycles. The van der Waals surface area contributed by atoms with Gasteiger partial charge in [0.2, 0.25) is 5.91 Å². The van der Waals surface area contributed by atoms with Gasteiger partial charge in [0, 0.05) is 20.0 Å². The van der Waals surface area contributed by atoms with Crippen LogP contribution in [0.3, 0.4) is 0 Å². The van der Waals surface area contributed by atoms with E-state index in [0.29, 0.717) is 5.56 Å². The first-order chi connectivity index (χ1) is 9.34. The lowest BCUT2D eigenvalue weighted by molar-refractivity contribution is -0.138. The molecule has 1 N–H and O–H groups in total. The number of carbonyl (C=O) groups is 1. The Morgan fingerprint density at radius 1 is 1.40 bits per heavy atom. The number of halogens is 3. The van der Waals surface area contributed by atoms with Gasteiger partial charge in [-0.25, -0.2) is 5.01 Å². The first-order valence-corrected chi connectivity index (χ1v) is 6.15. The van der Waals surface area contributed by atoms with E-state index in [0.717, 1.165) is 12.1 Å². The minimum absolute atomic E-state index is 0.109. The molecule has 110 valence electrons. The van der Waals surface area contributed by atoms with Crippen LogP contribution in [0.1, 0.15) is 23.6 Å². The monoisotopic (exact) mass is 288 g/mol. The van der Waals surface area contributed by atoms with Gasteiger partial charge in [-0.15, -0.1) is 0 Å². The molecule has 0 radical (unpaired) electrons. The van der Waals surface area contributed by atoms with Crippen molar-refractivity contribution in [3.05, 3.63) is 35.4 Å². The van der Waals surface area contributed by atoms with Gasteiger partial charge in [-0.2, -0.15) is 13.2 Å². The third-order valence-corrected chi connectivity index (χ3v) is 3.40. The largest absolute Gasteiger partial charge is 0.416 e. The summed E-state index contributed by atoms with van der Waals surface area (Å²) in [5.74, 6) is -0.180. The molecule has 1 aliphatic heterocycles. The van der Waals surface area contributed by atoms with Crippen LogP contribution >= 0.6 is 0 Å². The fraction of sp³-hybridized carbons (Fsp3) is 0.462. The number of hydrogen-bond donors (Lipinski definition) is 1. The lowest BCUT2D eigenvalue weighted by atomic mass is 10.0. The lowest BCUT2D eigenvalue weighted by Gasteiger charge is -2.29. The van der Waals surface area contributed by atoms with Crippen molar-refractivity contribution in [1.29, 1.82) is 0 Å². The second kappa shape index (κ2) is 5.41. The zero-order chi connectivity index (χ0) is 14.9. The number of hydrazine groups is 1. The van der Waals surface area contributed by atoms with Gasteiger partial charge < -0.3 is 5.11 Å². The second-order valence-corrected chi connectivity index (χ2v) is 4.65. The molecule has 0 bridgehead atoms. The number of alkyl halides is 3. The van der Waals surface area contributed by atoms with E-state index in [9.17, 15) is 18.0 Å². The summed E-state index contributed by atoms with van der Waals surface area (Å²) < 4.78 is 38.2. The minimum Gasteiger partial charge on any atom is -0.395 e. The molecule has 1 aromatic rings. The molecular formula is C13H15F3N2O2. The molecule has 20 heavy (non-hydrogen) atoms. The Hall–Kier alpha value is -1.60. The van der Waals surface area contributed by atoms with Gasteiger partial charge in [0.05, 0.1) is 18.2 Å². The van der Waals surface area contributed by atoms with E-state index in [2.05, 4.69) is 0 Å². The summed E-state index contributed by atoms with van der Waals surface area (Å²) in [6.07, 6.45) is -4.30. The number of β-amino-alcohol motifs (C(OH)–C–C–N with tert-alkyl or cyclic N) is 1. The zero-order valence-electron chi connectivity index (χ0n) is 10.9. The standard InChI is InChI=1S/C13H15F3N2O2/c1-17-12(20)8-11(18(17)5-6-19)9-3-2-4-10(7-9)13(14,15)16/h2-4,7,11,19H,5-6,8H2,1H3. The SMILES string of the molecule is CN1C(=O)CC(c2cccc(C(F)(F)F)c2)N1CCO. The summed E-state index contributed by atoms with van der Waals surface area (Å²) in [4.78, 5) is 11.7. The quantitative estimate of drug-likeness (QED) is 0.922. The number of amides is 1. The Balaban J connectivity index is 2.33. The van der Waals surface area contributed by atoms with Crippen molar-refractivity contribution in [2.24, 2.45) is 0 Å². The molecule has 2 rings (SSSR count). The van der Waals surface area contributed by atoms with Crippen LogP contribution in [0.5, 0.6) is 0 Å². The van der Waals surface area contributed by atoms with Gasteiger partial charge in [-0.1, -0.05) is 12.1 Å². The molecule has 0 spiro atoms. The summed E-state index contributed by atoms with van der Waals surface area (Å²) in [6.45, 7) is 0.0240. The maximum Gasteiger partial charge on any atom is 0.416 e. The highest BCUT2D eigenvalue weighted by atomic mass is 19.4. The fourth-order valence-corrected chi connectivity index (χ4v) is 2.38. The van der Waals surface area contributed by atoms with Crippen LogP contribution in [-0.4, -0.2) is 41.2 Å². The fourth-order valence-electron chi connectivity index (χ4n) is 2.38. The molecule has 0 aliphatic carbocycles. The number of carbonyl (C=O) groups excluding carboxylic acids is 1. The Morgan fingerprint density at radius 2 is 2.10 bits per heavy atom. The molecule has 1 fully saturated rings. The van der Waals surface area contributed by atoms with Gasteiger partial charge in [-0.3, -0.25) is 9.80 Å². The second-order valence-electron chi connectivity index (χ2n) is 4.65. The number of hydrogen-bond acceptors (Lipinski definition) is 3. The maximum absolute atomic E-state index is 12.7. The van der Waals surface area contributed by atoms with Gasteiger partial charge in [-0.05, 0) is 17.7 Å². The van der Waals surface area contributed by atoms with Gasteiger partial charge in [0.25, 0.3) is 0 Å². The van der Waals surface area contributed by atoms with E-state index in [1.807, 2.05) is 0 Å². The molecule has 1 aromatic carbocycles. The molecule has 7 heteroatoms. The molecule has 1 aliphatic rings. The van der Waals surface area contributed by atoms with Gasteiger partial charge >= 0.3 is 6.18 Å². The highest BCUT2D eigenvalue weighted by Gasteiger charge is 2.37. The van der Waals surface area contributed by atoms with Crippen LogP contribution in [0, 0.1) is 0 Å². The van der Waals surface area contributed by atoms with Crippen molar-refractivity contribution in [3.63, 3.8) is 0 Å². The molecule has 1 amide bonds. The van der Waals surface area contributed by atoms with Crippen LogP contribution in [0.15, 0.2) is 24.3 Å². The van der Waals surface area contributed by atoms with E-state index in [-0.39, 0.29) is 25.5 Å². The van der Waals surface area contributed by atoms with E-state index in [1.165, 1.54) is 11.1 Å². The van der Waals surface area contributed by atoms with E-state index < -0.39 is 17.8 Å². The van der Waals surface area contributed by atoms with Crippen LogP contribution in [-0.2, 0) is 11.0 Å². The van der Waals surface area contributed by atoms with Crippen molar-refractivity contribution in [3.8, 4) is 0 Å². The van der Waals surface area contributed by atoms with E-state index in [4.69, 9.17) is 5.11 Å². The molecule has 1 atom stereocenters. The van der Waals surface area contributed by atoms with Crippen molar-refractivity contribution in [1.82, 2.24) is 10.0 Å². The third-order valence-electron chi connectivity index (χ3n) is 3.40. The summed E-state index contributed by atoms with van der Waals surface area (Å²) in [6, 6.07) is 4.48. The van der Waals surface area contributed by atoms with Crippen molar-refractivity contribution in [2.45, 2.75) is 18.6 Å². The minimum atomic E-state index is -4.41. The predicted octanol–water partition coefficient (Wildman–Crippen LogP) is 1.82. The smallest absolute Gasteiger partial charge is 0.395 e. The summed E-state index contributed by atoms with van der Waals surface area (Å²) >= 11 is 0. The van der Waals surface area contributed by atoms with Crippen LogP contribution < -0.4 is 0 Å². The molecular weight excluding hydrogens is 273 g/mol. The van der Waals surface area contributed by atoms with Crippen LogP contribution in [0.25, 0.3) is 0 Å². The number of nitrogens with zero attached hydrogens (tertiary/aromatic N) is 2. The van der Waals surface area contributed by atoms with Gasteiger partial charge in [0.15, 0.2) is 0 Å². The summed E-state index contributed by atoms with van der Waals surface area (Å²) in [5, 5.41) is 11.9. The number of aliphatic hydroxyl groups is 1. The number of aliphatic hydroxyl groups excluding tert-OH is 1.